The predicted molar refractivity (Wildman–Crippen MR) is 221 cm³/mol. The highest BCUT2D eigenvalue weighted by Gasteiger charge is 2.34. The molecule has 3 N–H and O–H groups in total. The lowest BCUT2D eigenvalue weighted by atomic mass is 9.85. The maximum absolute atomic E-state index is 13.5. The first-order chi connectivity index (χ1) is 28.4. The summed E-state index contributed by atoms with van der Waals surface area (Å²) in [5, 5.41) is 21.9. The zero-order valence-electron chi connectivity index (χ0n) is 33.9. The minimum Gasteiger partial charge on any atom is -0.386 e. The molecule has 0 radical (unpaired) electrons. The second kappa shape index (κ2) is 17.5. The zero-order chi connectivity index (χ0) is 42.9. The Balaban J connectivity index is 0.881. The van der Waals surface area contributed by atoms with Crippen LogP contribution in [0.25, 0.3) is 10.9 Å². The van der Waals surface area contributed by atoms with Crippen molar-refractivity contribution in [2.24, 2.45) is 11.8 Å². The van der Waals surface area contributed by atoms with Gasteiger partial charge < -0.3 is 20.2 Å². The number of rotatable bonds is 11. The van der Waals surface area contributed by atoms with Gasteiger partial charge >= 0.3 is 12.2 Å². The minimum absolute atomic E-state index is 0.0990. The number of anilines is 2. The van der Waals surface area contributed by atoms with E-state index < -0.39 is 35.1 Å². The quantitative estimate of drug-likeness (QED) is 0.139. The van der Waals surface area contributed by atoms with Crippen LogP contribution in [0.2, 0.25) is 5.02 Å². The van der Waals surface area contributed by atoms with Crippen LogP contribution in [-0.4, -0.2) is 93.2 Å². The molecule has 1 saturated carbocycles. The molecule has 2 aromatic carbocycles. The lowest BCUT2D eigenvalue weighted by Crippen LogP contribution is -2.49. The molecule has 17 heteroatoms. The van der Waals surface area contributed by atoms with Crippen LogP contribution in [0.5, 0.6) is 0 Å². The van der Waals surface area contributed by atoms with Crippen molar-refractivity contribution in [1.29, 1.82) is 0 Å². The highest BCUT2D eigenvalue weighted by molar-refractivity contribution is 6.34. The van der Waals surface area contributed by atoms with Crippen molar-refractivity contribution in [1.82, 2.24) is 29.9 Å². The number of urea groups is 1. The topological polar surface area (TPSA) is 153 Å². The monoisotopic (exact) mass is 850 g/mol. The van der Waals surface area contributed by atoms with Crippen molar-refractivity contribution in [3.05, 3.63) is 82.3 Å². The molecule has 2 saturated heterocycles. The highest BCUT2D eigenvalue weighted by Crippen LogP contribution is 2.37. The van der Waals surface area contributed by atoms with Gasteiger partial charge in [-0.15, -0.1) is 0 Å². The lowest BCUT2D eigenvalue weighted by Gasteiger charge is -2.34. The average Bonchev–Trinajstić information content (AvgIpc) is 3.63. The third-order valence-corrected chi connectivity index (χ3v) is 12.3. The number of aliphatic hydroxyl groups is 1. The van der Waals surface area contributed by atoms with Gasteiger partial charge in [-0.1, -0.05) is 17.7 Å². The van der Waals surface area contributed by atoms with Crippen molar-refractivity contribution in [2.45, 2.75) is 83.0 Å². The number of halogens is 4. The number of benzene rings is 2. The summed E-state index contributed by atoms with van der Waals surface area (Å²) in [5.41, 5.74) is -0.782. The largest absolute Gasteiger partial charge is 0.433 e. The number of aromatic nitrogens is 3. The molecule has 0 spiro atoms. The fraction of sp³-hybridized carbons (Fsp3) is 0.488. The fourth-order valence-corrected chi connectivity index (χ4v) is 8.79. The normalized spacial score (nSPS) is 19.6. The molecule has 2 aromatic heterocycles. The summed E-state index contributed by atoms with van der Waals surface area (Å²) < 4.78 is 41.7. The van der Waals surface area contributed by atoms with E-state index in [1.165, 1.54) is 11.0 Å². The summed E-state index contributed by atoms with van der Waals surface area (Å²) in [6, 6.07) is 11.1. The summed E-state index contributed by atoms with van der Waals surface area (Å²) in [6.45, 7) is 6.61. The first kappa shape index (κ1) is 43.0. The molecular weight excluding hydrogens is 801 g/mol. The van der Waals surface area contributed by atoms with Crippen molar-refractivity contribution in [3.8, 4) is 0 Å². The minimum atomic E-state index is -4.70. The number of amides is 5. The van der Waals surface area contributed by atoms with E-state index in [1.807, 2.05) is 15.8 Å². The predicted octanol–water partition coefficient (Wildman–Crippen LogP) is 7.64. The average molecular weight is 851 g/mol. The van der Waals surface area contributed by atoms with Gasteiger partial charge in [0.2, 0.25) is 5.91 Å². The molecule has 13 nitrogen and oxygen atoms in total. The number of fused-ring (bicyclic) bond motifs is 1. The van der Waals surface area contributed by atoms with Crippen LogP contribution in [0.15, 0.2) is 54.7 Å². The van der Waals surface area contributed by atoms with Gasteiger partial charge in [0.25, 0.3) is 11.8 Å². The van der Waals surface area contributed by atoms with E-state index in [0.717, 1.165) is 75.6 Å². The Hall–Kier alpha value is -5.06. The van der Waals surface area contributed by atoms with Gasteiger partial charge in [-0.25, -0.2) is 9.78 Å². The second-order valence-corrected chi connectivity index (χ2v) is 17.3. The third kappa shape index (κ3) is 9.93. The Labute approximate surface area is 351 Å². The molecule has 3 fully saturated rings. The standard InChI is InChI=1S/C43H50ClF3N8O5/c1-42(2,60)31-23-34-29(21-35(31)49-39(57)33-5-4-6-37(48-33)43(45,46)47)25-55(51-34)30-10-7-27(8-11-30)24-52(3)17-13-26-14-18-53(19-15-26)40(58)28-9-12-32(44)36(22-28)54-20-16-38(56)50-41(54)59/h4-6,9,12,21-23,25-27,30,60H,7-8,10-11,13-20,24H2,1-3H3,(H,49,57)(H,50,56,59)/t27-,30-. The van der Waals surface area contributed by atoms with E-state index in [2.05, 4.69) is 27.6 Å². The number of imide groups is 1. The number of alkyl halides is 3. The van der Waals surface area contributed by atoms with Gasteiger partial charge in [-0.2, -0.15) is 18.3 Å². The highest BCUT2D eigenvalue weighted by atomic mass is 35.5. The second-order valence-electron chi connectivity index (χ2n) is 16.9. The molecule has 5 amide bonds. The maximum Gasteiger partial charge on any atom is 0.433 e. The first-order valence-corrected chi connectivity index (χ1v) is 20.8. The third-order valence-electron chi connectivity index (χ3n) is 12.0. The molecule has 4 heterocycles. The molecule has 3 aliphatic rings. The smallest absolute Gasteiger partial charge is 0.386 e. The van der Waals surface area contributed by atoms with Crippen LogP contribution in [0, 0.1) is 11.8 Å². The van der Waals surface area contributed by atoms with Gasteiger partial charge in [-0.3, -0.25) is 29.3 Å². The van der Waals surface area contributed by atoms with Gasteiger partial charge in [-0.05, 0) is 127 Å². The molecule has 2 aliphatic heterocycles. The molecule has 60 heavy (non-hydrogen) atoms. The number of pyridine rings is 1. The van der Waals surface area contributed by atoms with E-state index in [4.69, 9.17) is 16.7 Å². The van der Waals surface area contributed by atoms with Crippen LogP contribution in [0.4, 0.5) is 29.3 Å². The summed E-state index contributed by atoms with van der Waals surface area (Å²) >= 11 is 6.39. The van der Waals surface area contributed by atoms with E-state index in [-0.39, 0.29) is 36.5 Å². The van der Waals surface area contributed by atoms with E-state index in [9.17, 15) is 37.5 Å². The van der Waals surface area contributed by atoms with E-state index in [1.54, 1.807) is 44.2 Å². The number of carbonyl (C=O) groups is 4. The summed E-state index contributed by atoms with van der Waals surface area (Å²) in [6.07, 6.45) is 4.24. The first-order valence-electron chi connectivity index (χ1n) is 20.4. The van der Waals surface area contributed by atoms with Crippen molar-refractivity contribution < 1.29 is 37.5 Å². The van der Waals surface area contributed by atoms with Gasteiger partial charge in [0.1, 0.15) is 11.4 Å². The molecule has 0 atom stereocenters. The molecule has 4 aromatic rings. The van der Waals surface area contributed by atoms with Crippen LogP contribution in [-0.2, 0) is 16.6 Å². The Morgan fingerprint density at radius 3 is 2.40 bits per heavy atom. The van der Waals surface area contributed by atoms with Crippen LogP contribution in [0.1, 0.15) is 103 Å². The number of hydrogen-bond acceptors (Lipinski definition) is 8. The van der Waals surface area contributed by atoms with Gasteiger partial charge in [0, 0.05) is 61.0 Å². The van der Waals surface area contributed by atoms with Gasteiger partial charge in [0.15, 0.2) is 0 Å². The van der Waals surface area contributed by atoms with Crippen LogP contribution in [0.3, 0.4) is 0 Å². The number of hydrogen-bond donors (Lipinski definition) is 3. The lowest BCUT2D eigenvalue weighted by molar-refractivity contribution is -0.141. The Morgan fingerprint density at radius 1 is 0.983 bits per heavy atom. The molecule has 320 valence electrons. The number of carbonyl (C=O) groups excluding carboxylic acids is 4. The molecule has 1 aliphatic carbocycles. The molecule has 0 unspecified atom stereocenters. The fourth-order valence-electron chi connectivity index (χ4n) is 8.57. The van der Waals surface area contributed by atoms with Crippen LogP contribution < -0.4 is 15.5 Å². The number of likely N-dealkylation sites (tertiary alicyclic amines) is 1. The number of nitrogens with one attached hydrogen (secondary N) is 2. The zero-order valence-corrected chi connectivity index (χ0v) is 34.7. The van der Waals surface area contributed by atoms with E-state index in [0.29, 0.717) is 52.3 Å². The van der Waals surface area contributed by atoms with Crippen LogP contribution >= 0.6 is 11.6 Å². The molecule has 7 rings (SSSR count). The Bertz CT molecular complexity index is 2260. The van der Waals surface area contributed by atoms with E-state index >= 15 is 0 Å². The molecular formula is C43H50ClF3N8O5. The van der Waals surface area contributed by atoms with Crippen molar-refractivity contribution in [3.63, 3.8) is 0 Å². The Morgan fingerprint density at radius 2 is 1.72 bits per heavy atom. The summed E-state index contributed by atoms with van der Waals surface area (Å²) in [7, 11) is 2.17. The summed E-state index contributed by atoms with van der Waals surface area (Å²) in [4.78, 5) is 59.7. The summed E-state index contributed by atoms with van der Waals surface area (Å²) in [5.74, 6) is -0.200. The van der Waals surface area contributed by atoms with Crippen molar-refractivity contribution >= 4 is 57.6 Å². The van der Waals surface area contributed by atoms with Gasteiger partial charge in [0.05, 0.1) is 27.9 Å². The number of piperidine rings is 1. The SMILES string of the molecule is CN(CCC1CCN(C(=O)c2ccc(Cl)c(N3CCC(=O)NC3=O)c2)CC1)C[C@H]1CC[C@H](n2cc3cc(NC(=O)c4cccc(C(F)(F)F)n4)c(C(C)(C)O)cc3n2)CC1. The van der Waals surface area contributed by atoms with Crippen molar-refractivity contribution in [2.75, 3.05) is 50.0 Å². The molecule has 0 bridgehead atoms. The number of nitrogens with zero attached hydrogens (tertiary/aromatic N) is 6. The Kier molecular flexibility index (Phi) is 12.6. The maximum atomic E-state index is 13.5.